The Balaban J connectivity index is 1.62. The molecular formula is C21H25F5O3. The lowest BCUT2D eigenvalue weighted by Crippen LogP contribution is -2.45. The van der Waals surface area contributed by atoms with E-state index in [-0.39, 0.29) is 30.4 Å². The zero-order valence-electron chi connectivity index (χ0n) is 16.2. The van der Waals surface area contributed by atoms with Gasteiger partial charge in [0.2, 0.25) is 0 Å². The number of hydrogen-bond donors (Lipinski definition) is 0. The van der Waals surface area contributed by atoms with Gasteiger partial charge in [0.05, 0.1) is 12.2 Å². The van der Waals surface area contributed by atoms with Gasteiger partial charge in [0, 0.05) is 5.92 Å². The van der Waals surface area contributed by atoms with Crippen molar-refractivity contribution in [3.63, 3.8) is 0 Å². The number of halogens is 5. The topological polar surface area (TPSA) is 35.5 Å². The molecule has 3 rings (SSSR count). The van der Waals surface area contributed by atoms with Crippen LogP contribution in [0.25, 0.3) is 0 Å². The van der Waals surface area contributed by atoms with Crippen molar-refractivity contribution in [3.05, 3.63) is 29.1 Å². The summed E-state index contributed by atoms with van der Waals surface area (Å²) in [5.41, 5.74) is -1.23. The Morgan fingerprint density at radius 3 is 2.31 bits per heavy atom. The van der Waals surface area contributed by atoms with Crippen LogP contribution in [0.5, 0.6) is 5.75 Å². The predicted molar refractivity (Wildman–Crippen MR) is 95.6 cm³/mol. The van der Waals surface area contributed by atoms with E-state index in [1.807, 2.05) is 0 Å². The second-order valence-corrected chi connectivity index (χ2v) is 8.04. The van der Waals surface area contributed by atoms with Gasteiger partial charge in [0.15, 0.2) is 6.10 Å². The summed E-state index contributed by atoms with van der Waals surface area (Å²) in [4.78, 5) is 10.9. The van der Waals surface area contributed by atoms with Crippen LogP contribution in [0.2, 0.25) is 0 Å². The third kappa shape index (κ3) is 4.90. The lowest BCUT2D eigenvalue weighted by Gasteiger charge is -2.38. The molecule has 0 bridgehead atoms. The second-order valence-electron chi connectivity index (χ2n) is 8.04. The van der Waals surface area contributed by atoms with E-state index in [1.165, 1.54) is 6.92 Å². The maximum atomic E-state index is 14.6. The summed E-state index contributed by atoms with van der Waals surface area (Å²) in [6.45, 7) is 1.40. The molecule has 0 radical (unpaired) electrons. The van der Waals surface area contributed by atoms with Crippen LogP contribution in [-0.4, -0.2) is 25.1 Å². The van der Waals surface area contributed by atoms with Crippen molar-refractivity contribution < 1.29 is 36.2 Å². The van der Waals surface area contributed by atoms with Gasteiger partial charge >= 0.3 is 6.11 Å². The highest BCUT2D eigenvalue weighted by Gasteiger charge is 2.47. The molecule has 1 saturated carbocycles. The molecule has 1 aromatic carbocycles. The normalized spacial score (nSPS) is 28.4. The van der Waals surface area contributed by atoms with E-state index in [9.17, 15) is 26.7 Å². The lowest BCUT2D eigenvalue weighted by atomic mass is 9.74. The van der Waals surface area contributed by atoms with Crippen LogP contribution >= 0.6 is 0 Å². The van der Waals surface area contributed by atoms with E-state index in [1.54, 1.807) is 0 Å². The molecule has 0 aromatic heterocycles. The van der Waals surface area contributed by atoms with Crippen LogP contribution < -0.4 is 4.74 Å². The summed E-state index contributed by atoms with van der Waals surface area (Å²) in [6.07, 6.45) is -3.86. The summed E-state index contributed by atoms with van der Waals surface area (Å²) in [5.74, 6) is -1.57. The number of hydrogen-bond acceptors (Lipinski definition) is 3. The highest BCUT2D eigenvalue weighted by molar-refractivity contribution is 5.53. The first-order valence-corrected chi connectivity index (χ1v) is 9.93. The van der Waals surface area contributed by atoms with Gasteiger partial charge in [-0.3, -0.25) is 0 Å². The Morgan fingerprint density at radius 2 is 1.76 bits per heavy atom. The van der Waals surface area contributed by atoms with Crippen molar-refractivity contribution in [1.29, 1.82) is 0 Å². The second kappa shape index (κ2) is 8.98. The van der Waals surface area contributed by atoms with Crippen molar-refractivity contribution in [2.24, 2.45) is 17.8 Å². The summed E-state index contributed by atoms with van der Waals surface area (Å²) >= 11 is 0. The minimum Gasteiger partial charge on any atom is -0.430 e. The summed E-state index contributed by atoms with van der Waals surface area (Å²) in [5, 5.41) is 0. The minimum atomic E-state index is -3.86. The largest absolute Gasteiger partial charge is 0.430 e. The summed E-state index contributed by atoms with van der Waals surface area (Å²) in [7, 11) is 0. The van der Waals surface area contributed by atoms with E-state index in [4.69, 9.17) is 4.74 Å². The van der Waals surface area contributed by atoms with Gasteiger partial charge in [-0.2, -0.15) is 8.78 Å². The lowest BCUT2D eigenvalue weighted by molar-refractivity contribution is -0.267. The van der Waals surface area contributed by atoms with Crippen molar-refractivity contribution in [2.75, 3.05) is 6.61 Å². The van der Waals surface area contributed by atoms with Gasteiger partial charge in [0.1, 0.15) is 17.9 Å². The van der Waals surface area contributed by atoms with Crippen molar-refractivity contribution in [2.45, 2.75) is 64.1 Å². The maximum absolute atomic E-state index is 14.6. The van der Waals surface area contributed by atoms with E-state index < -0.39 is 35.8 Å². The monoisotopic (exact) mass is 420 g/mol. The zero-order valence-corrected chi connectivity index (χ0v) is 16.2. The Labute approximate surface area is 166 Å². The fraction of sp³-hybridized carbons (Fsp3) is 0.667. The molecule has 1 aliphatic carbocycles. The van der Waals surface area contributed by atoms with Gasteiger partial charge < -0.3 is 14.3 Å². The van der Waals surface area contributed by atoms with Crippen LogP contribution in [0.15, 0.2) is 12.1 Å². The third-order valence-electron chi connectivity index (χ3n) is 6.16. The first-order valence-electron chi connectivity index (χ1n) is 9.93. The standard InChI is InChI=1S/C21H25F5O3/c1-12-2-8-16(18(19(12)22)20(23)24)29-21(25,26)17-9-7-15(11-28-17)14-5-3-13(10-27)4-6-14/h2,8,10,13-15,17,20H,3-7,9,11H2,1H3. The molecule has 2 unspecified atom stereocenters. The maximum Gasteiger partial charge on any atom is 0.424 e. The molecule has 1 aliphatic heterocycles. The Morgan fingerprint density at radius 1 is 1.10 bits per heavy atom. The molecule has 2 aliphatic rings. The highest BCUT2D eigenvalue weighted by atomic mass is 19.3. The molecular weight excluding hydrogens is 395 g/mol. The average molecular weight is 420 g/mol. The molecule has 29 heavy (non-hydrogen) atoms. The number of benzene rings is 1. The minimum absolute atomic E-state index is 0.0175. The number of aldehydes is 1. The number of alkyl halides is 4. The molecule has 1 saturated heterocycles. The van der Waals surface area contributed by atoms with Gasteiger partial charge in [0.25, 0.3) is 6.43 Å². The highest BCUT2D eigenvalue weighted by Crippen LogP contribution is 2.41. The van der Waals surface area contributed by atoms with E-state index in [0.717, 1.165) is 44.1 Å². The Hall–Kier alpha value is -1.70. The molecule has 2 atom stereocenters. The number of rotatable bonds is 6. The fourth-order valence-corrected chi connectivity index (χ4v) is 4.35. The molecule has 3 nitrogen and oxygen atoms in total. The van der Waals surface area contributed by atoms with Gasteiger partial charge in [-0.25, -0.2) is 13.2 Å². The molecule has 162 valence electrons. The molecule has 0 spiro atoms. The number of carbonyl (C=O) groups excluding carboxylic acids is 1. The number of ether oxygens (including phenoxy) is 2. The van der Waals surface area contributed by atoms with Gasteiger partial charge in [-0.15, -0.1) is 0 Å². The Bertz CT molecular complexity index is 709. The van der Waals surface area contributed by atoms with E-state index >= 15 is 0 Å². The zero-order chi connectivity index (χ0) is 21.2. The van der Waals surface area contributed by atoms with Gasteiger partial charge in [-0.05, 0) is 68.9 Å². The number of aryl methyl sites for hydroxylation is 1. The van der Waals surface area contributed by atoms with Crippen LogP contribution in [0, 0.1) is 30.5 Å². The van der Waals surface area contributed by atoms with Crippen LogP contribution in [0.1, 0.15) is 56.1 Å². The molecule has 1 heterocycles. The first kappa shape index (κ1) is 22.0. The smallest absolute Gasteiger partial charge is 0.424 e. The van der Waals surface area contributed by atoms with Crippen molar-refractivity contribution in [1.82, 2.24) is 0 Å². The third-order valence-corrected chi connectivity index (χ3v) is 6.16. The average Bonchev–Trinajstić information content (AvgIpc) is 2.70. The Kier molecular flexibility index (Phi) is 6.81. The van der Waals surface area contributed by atoms with Crippen molar-refractivity contribution in [3.8, 4) is 5.75 Å². The predicted octanol–water partition coefficient (Wildman–Crippen LogP) is 5.84. The van der Waals surface area contributed by atoms with Crippen LogP contribution in [-0.2, 0) is 9.53 Å². The van der Waals surface area contributed by atoms with Crippen LogP contribution in [0.4, 0.5) is 22.0 Å². The molecule has 1 aromatic rings. The van der Waals surface area contributed by atoms with Crippen molar-refractivity contribution >= 4 is 6.29 Å². The fourth-order valence-electron chi connectivity index (χ4n) is 4.35. The SMILES string of the molecule is Cc1ccc(OC(F)(F)C2CCC(C3CCC(C=O)CC3)CO2)c(C(F)F)c1F. The first-order chi connectivity index (χ1) is 13.7. The summed E-state index contributed by atoms with van der Waals surface area (Å²) in [6, 6.07) is 2.06. The van der Waals surface area contributed by atoms with E-state index in [0.29, 0.717) is 12.3 Å². The summed E-state index contributed by atoms with van der Waals surface area (Å²) < 4.78 is 79.4. The van der Waals surface area contributed by atoms with Gasteiger partial charge in [-0.1, -0.05) is 6.07 Å². The quantitative estimate of drug-likeness (QED) is 0.428. The molecule has 0 amide bonds. The molecule has 8 heteroatoms. The molecule has 2 fully saturated rings. The van der Waals surface area contributed by atoms with E-state index in [2.05, 4.69) is 4.74 Å². The number of carbonyl (C=O) groups is 1. The van der Waals surface area contributed by atoms with Crippen LogP contribution in [0.3, 0.4) is 0 Å². The molecule has 0 N–H and O–H groups in total.